The number of hydrogen-bond acceptors (Lipinski definition) is 4. The van der Waals surface area contributed by atoms with Gasteiger partial charge >= 0.3 is 0 Å². The highest BCUT2D eigenvalue weighted by atomic mass is 35.5. The predicted molar refractivity (Wildman–Crippen MR) is 74.3 cm³/mol. The van der Waals surface area contributed by atoms with Gasteiger partial charge in [0.25, 0.3) is 0 Å². The second-order valence-electron chi connectivity index (χ2n) is 3.84. The standard InChI is InChI=1S/C14H12ClN3O/c1-19-11-4-2-3-10(7-11)9-17-14-6-5-12(15)13(8-16)18-14/h2-7H,9H2,1H3,(H,17,18). The van der Waals surface area contributed by atoms with Gasteiger partial charge in [-0.3, -0.25) is 0 Å². The molecule has 4 nitrogen and oxygen atoms in total. The van der Waals surface area contributed by atoms with Crippen LogP contribution in [-0.2, 0) is 6.54 Å². The number of methoxy groups -OCH3 is 1. The van der Waals surface area contributed by atoms with Crippen LogP contribution in [0.4, 0.5) is 5.82 Å². The Morgan fingerprint density at radius 1 is 1.37 bits per heavy atom. The smallest absolute Gasteiger partial charge is 0.161 e. The number of nitrogens with one attached hydrogen (secondary N) is 1. The van der Waals surface area contributed by atoms with Crippen molar-refractivity contribution >= 4 is 17.4 Å². The maximum atomic E-state index is 8.86. The highest BCUT2D eigenvalue weighted by Gasteiger charge is 2.03. The van der Waals surface area contributed by atoms with Crippen molar-refractivity contribution in [2.24, 2.45) is 0 Å². The fourth-order valence-electron chi connectivity index (χ4n) is 1.59. The van der Waals surface area contributed by atoms with E-state index in [2.05, 4.69) is 10.3 Å². The molecule has 0 unspecified atom stereocenters. The largest absolute Gasteiger partial charge is 0.497 e. The number of hydrogen-bond donors (Lipinski definition) is 1. The molecule has 2 rings (SSSR count). The van der Waals surface area contributed by atoms with Crippen LogP contribution in [0.15, 0.2) is 36.4 Å². The Hall–Kier alpha value is -2.25. The summed E-state index contributed by atoms with van der Waals surface area (Å²) >= 11 is 5.82. The van der Waals surface area contributed by atoms with Gasteiger partial charge < -0.3 is 10.1 Å². The molecule has 0 saturated carbocycles. The molecule has 1 aromatic heterocycles. The van der Waals surface area contributed by atoms with E-state index < -0.39 is 0 Å². The van der Waals surface area contributed by atoms with Crippen molar-refractivity contribution in [2.75, 3.05) is 12.4 Å². The van der Waals surface area contributed by atoms with Crippen molar-refractivity contribution in [3.05, 3.63) is 52.7 Å². The molecule has 0 aliphatic rings. The van der Waals surface area contributed by atoms with Gasteiger partial charge in [0.15, 0.2) is 5.69 Å². The van der Waals surface area contributed by atoms with Gasteiger partial charge in [-0.25, -0.2) is 4.98 Å². The molecule has 0 aliphatic heterocycles. The van der Waals surface area contributed by atoms with E-state index in [9.17, 15) is 0 Å². The number of anilines is 1. The average molecular weight is 274 g/mol. The predicted octanol–water partition coefficient (Wildman–Crippen LogP) is 3.23. The van der Waals surface area contributed by atoms with Crippen LogP contribution in [0.3, 0.4) is 0 Å². The summed E-state index contributed by atoms with van der Waals surface area (Å²) < 4.78 is 5.16. The van der Waals surface area contributed by atoms with Crippen molar-refractivity contribution in [1.82, 2.24) is 4.98 Å². The number of rotatable bonds is 4. The zero-order valence-electron chi connectivity index (χ0n) is 10.4. The molecule has 2 aromatic rings. The van der Waals surface area contributed by atoms with Crippen molar-refractivity contribution in [2.45, 2.75) is 6.54 Å². The molecule has 0 bridgehead atoms. The van der Waals surface area contributed by atoms with E-state index >= 15 is 0 Å². The second kappa shape index (κ2) is 6.07. The maximum Gasteiger partial charge on any atom is 0.161 e. The molecule has 0 fully saturated rings. The van der Waals surface area contributed by atoms with Crippen LogP contribution in [0.5, 0.6) is 5.75 Å². The molecule has 1 aromatic carbocycles. The van der Waals surface area contributed by atoms with E-state index in [1.54, 1.807) is 19.2 Å². The second-order valence-corrected chi connectivity index (χ2v) is 4.25. The van der Waals surface area contributed by atoms with Gasteiger partial charge in [0, 0.05) is 6.54 Å². The molecule has 0 amide bonds. The summed E-state index contributed by atoms with van der Waals surface area (Å²) in [6, 6.07) is 13.1. The first-order chi connectivity index (χ1) is 9.22. The van der Waals surface area contributed by atoms with Crippen LogP contribution in [-0.4, -0.2) is 12.1 Å². The van der Waals surface area contributed by atoms with Gasteiger partial charge in [-0.2, -0.15) is 5.26 Å². The Kier molecular flexibility index (Phi) is 4.22. The molecule has 0 aliphatic carbocycles. The number of halogens is 1. The Labute approximate surface area is 116 Å². The highest BCUT2D eigenvalue weighted by Crippen LogP contribution is 2.17. The summed E-state index contributed by atoms with van der Waals surface area (Å²) in [6.07, 6.45) is 0. The molecule has 0 spiro atoms. The Bertz CT molecular complexity index is 622. The highest BCUT2D eigenvalue weighted by molar-refractivity contribution is 6.31. The van der Waals surface area contributed by atoms with Crippen LogP contribution in [0, 0.1) is 11.3 Å². The number of ether oxygens (including phenoxy) is 1. The summed E-state index contributed by atoms with van der Waals surface area (Å²) in [4.78, 5) is 4.11. The molecule has 96 valence electrons. The van der Waals surface area contributed by atoms with Crippen molar-refractivity contribution in [3.8, 4) is 11.8 Å². The van der Waals surface area contributed by atoms with Gasteiger partial charge in [-0.05, 0) is 29.8 Å². The topological polar surface area (TPSA) is 57.9 Å². The minimum absolute atomic E-state index is 0.220. The van der Waals surface area contributed by atoms with E-state index in [4.69, 9.17) is 21.6 Å². The van der Waals surface area contributed by atoms with Crippen LogP contribution < -0.4 is 10.1 Å². The van der Waals surface area contributed by atoms with Gasteiger partial charge in [0.2, 0.25) is 0 Å². The van der Waals surface area contributed by atoms with Crippen molar-refractivity contribution < 1.29 is 4.74 Å². The number of benzene rings is 1. The normalized spacial score (nSPS) is 9.74. The minimum atomic E-state index is 0.220. The first kappa shape index (κ1) is 13.2. The van der Waals surface area contributed by atoms with Crippen molar-refractivity contribution in [1.29, 1.82) is 5.26 Å². The third-order valence-electron chi connectivity index (χ3n) is 2.56. The van der Waals surface area contributed by atoms with E-state index in [1.807, 2.05) is 30.3 Å². The first-order valence-corrected chi connectivity index (χ1v) is 6.04. The van der Waals surface area contributed by atoms with Crippen molar-refractivity contribution in [3.63, 3.8) is 0 Å². The lowest BCUT2D eigenvalue weighted by molar-refractivity contribution is 0.414. The van der Waals surface area contributed by atoms with Crippen LogP contribution in [0.1, 0.15) is 11.3 Å². The van der Waals surface area contributed by atoms with Gasteiger partial charge in [0.1, 0.15) is 17.6 Å². The van der Waals surface area contributed by atoms with Gasteiger partial charge in [0.05, 0.1) is 12.1 Å². The van der Waals surface area contributed by atoms with E-state index in [0.717, 1.165) is 11.3 Å². The fourth-order valence-corrected chi connectivity index (χ4v) is 1.74. The molecule has 0 radical (unpaired) electrons. The summed E-state index contributed by atoms with van der Waals surface area (Å²) in [5.74, 6) is 1.42. The van der Waals surface area contributed by atoms with Crippen LogP contribution in [0.2, 0.25) is 5.02 Å². The Morgan fingerprint density at radius 2 is 2.21 bits per heavy atom. The number of aromatic nitrogens is 1. The number of nitriles is 1. The third kappa shape index (κ3) is 3.36. The first-order valence-electron chi connectivity index (χ1n) is 5.66. The molecule has 1 N–H and O–H groups in total. The quantitative estimate of drug-likeness (QED) is 0.929. The zero-order chi connectivity index (χ0) is 13.7. The molecule has 0 atom stereocenters. The van der Waals surface area contributed by atoms with E-state index in [0.29, 0.717) is 17.4 Å². The number of nitrogens with zero attached hydrogens (tertiary/aromatic N) is 2. The molecule has 0 saturated heterocycles. The lowest BCUT2D eigenvalue weighted by atomic mass is 10.2. The molecule has 19 heavy (non-hydrogen) atoms. The van der Waals surface area contributed by atoms with Crippen LogP contribution >= 0.6 is 11.6 Å². The van der Waals surface area contributed by atoms with E-state index in [-0.39, 0.29) is 5.69 Å². The summed E-state index contributed by atoms with van der Waals surface area (Å²) in [5, 5.41) is 12.3. The summed E-state index contributed by atoms with van der Waals surface area (Å²) in [5.41, 5.74) is 1.28. The molecule has 1 heterocycles. The Balaban J connectivity index is 2.08. The minimum Gasteiger partial charge on any atom is -0.497 e. The van der Waals surface area contributed by atoms with E-state index in [1.165, 1.54) is 0 Å². The van der Waals surface area contributed by atoms with Gasteiger partial charge in [-0.15, -0.1) is 0 Å². The molecule has 5 heteroatoms. The Morgan fingerprint density at radius 3 is 2.95 bits per heavy atom. The summed E-state index contributed by atoms with van der Waals surface area (Å²) in [7, 11) is 1.63. The average Bonchev–Trinajstić information content (AvgIpc) is 2.46. The van der Waals surface area contributed by atoms with Crippen LogP contribution in [0.25, 0.3) is 0 Å². The monoisotopic (exact) mass is 273 g/mol. The lowest BCUT2D eigenvalue weighted by Gasteiger charge is -2.07. The fraction of sp³-hybridized carbons (Fsp3) is 0.143. The number of pyridine rings is 1. The third-order valence-corrected chi connectivity index (χ3v) is 2.86. The molecular weight excluding hydrogens is 262 g/mol. The summed E-state index contributed by atoms with van der Waals surface area (Å²) in [6.45, 7) is 0.594. The SMILES string of the molecule is COc1cccc(CNc2ccc(Cl)c(C#N)n2)c1. The molecular formula is C14H12ClN3O. The lowest BCUT2D eigenvalue weighted by Crippen LogP contribution is -2.02. The maximum absolute atomic E-state index is 8.86. The zero-order valence-corrected chi connectivity index (χ0v) is 11.1. The van der Waals surface area contributed by atoms with Gasteiger partial charge in [-0.1, -0.05) is 23.7 Å².